The zero-order valence-corrected chi connectivity index (χ0v) is 15.6. The molecule has 0 saturated carbocycles. The SMILES string of the molecule is Cc1cc(C(=O)CN2C(=O)C(C(C)C)Oc3cc([N+](=O)[O-])ccc32)ccc1F. The van der Waals surface area contributed by atoms with E-state index in [1.165, 1.54) is 41.3 Å². The molecule has 1 aliphatic rings. The highest BCUT2D eigenvalue weighted by Gasteiger charge is 2.38. The number of hydrogen-bond donors (Lipinski definition) is 0. The summed E-state index contributed by atoms with van der Waals surface area (Å²) in [7, 11) is 0. The van der Waals surface area contributed by atoms with Crippen LogP contribution in [0.15, 0.2) is 36.4 Å². The minimum atomic E-state index is -0.864. The van der Waals surface area contributed by atoms with Crippen LogP contribution in [0.5, 0.6) is 5.75 Å². The zero-order chi connectivity index (χ0) is 20.6. The van der Waals surface area contributed by atoms with Gasteiger partial charge in [0.05, 0.1) is 23.2 Å². The maximum absolute atomic E-state index is 13.5. The lowest BCUT2D eigenvalue weighted by Gasteiger charge is -2.35. The van der Waals surface area contributed by atoms with Crippen LogP contribution in [-0.2, 0) is 4.79 Å². The highest BCUT2D eigenvalue weighted by molar-refractivity contribution is 6.08. The molecule has 0 saturated heterocycles. The van der Waals surface area contributed by atoms with Crippen LogP contribution in [0, 0.1) is 28.8 Å². The summed E-state index contributed by atoms with van der Waals surface area (Å²) in [5.74, 6) is -1.22. The van der Waals surface area contributed by atoms with Gasteiger partial charge in [0, 0.05) is 11.6 Å². The van der Waals surface area contributed by atoms with Crippen molar-refractivity contribution in [3.8, 4) is 5.75 Å². The Morgan fingerprint density at radius 2 is 2.00 bits per heavy atom. The summed E-state index contributed by atoms with van der Waals surface area (Å²) in [4.78, 5) is 37.4. The molecule has 0 bridgehead atoms. The van der Waals surface area contributed by atoms with Gasteiger partial charge in [0.25, 0.3) is 11.6 Å². The molecule has 0 spiro atoms. The fourth-order valence-electron chi connectivity index (χ4n) is 3.03. The Bertz CT molecular complexity index is 973. The second kappa shape index (κ2) is 7.38. The number of aryl methyl sites for hydroxylation is 1. The molecule has 2 aromatic rings. The maximum Gasteiger partial charge on any atom is 0.273 e. The topological polar surface area (TPSA) is 89.8 Å². The Hall–Kier alpha value is -3.29. The van der Waals surface area contributed by atoms with E-state index in [2.05, 4.69) is 0 Å². The van der Waals surface area contributed by atoms with Crippen molar-refractivity contribution in [3.63, 3.8) is 0 Å². The normalized spacial score (nSPS) is 16.0. The fourth-order valence-corrected chi connectivity index (χ4v) is 3.03. The van der Waals surface area contributed by atoms with E-state index in [4.69, 9.17) is 4.74 Å². The van der Waals surface area contributed by atoms with Crippen molar-refractivity contribution < 1.29 is 23.6 Å². The van der Waals surface area contributed by atoms with Gasteiger partial charge in [-0.15, -0.1) is 0 Å². The van der Waals surface area contributed by atoms with E-state index in [-0.39, 0.29) is 35.2 Å². The first-order valence-corrected chi connectivity index (χ1v) is 8.75. The summed E-state index contributed by atoms with van der Waals surface area (Å²) in [5.41, 5.74) is 0.730. The molecule has 8 heteroatoms. The lowest BCUT2D eigenvalue weighted by Crippen LogP contribution is -2.50. The van der Waals surface area contributed by atoms with Gasteiger partial charge in [0.2, 0.25) is 0 Å². The van der Waals surface area contributed by atoms with E-state index < -0.39 is 22.8 Å². The number of rotatable bonds is 5. The lowest BCUT2D eigenvalue weighted by molar-refractivity contribution is -0.384. The summed E-state index contributed by atoms with van der Waals surface area (Å²) >= 11 is 0. The van der Waals surface area contributed by atoms with Crippen molar-refractivity contribution in [1.82, 2.24) is 0 Å². The zero-order valence-electron chi connectivity index (χ0n) is 15.6. The van der Waals surface area contributed by atoms with Gasteiger partial charge >= 0.3 is 0 Å². The van der Waals surface area contributed by atoms with Crippen molar-refractivity contribution in [2.24, 2.45) is 5.92 Å². The average Bonchev–Trinajstić information content (AvgIpc) is 2.65. The van der Waals surface area contributed by atoms with Gasteiger partial charge in [-0.3, -0.25) is 24.6 Å². The van der Waals surface area contributed by atoms with Crippen molar-refractivity contribution in [2.45, 2.75) is 26.9 Å². The van der Waals surface area contributed by atoms with Gasteiger partial charge in [-0.2, -0.15) is 0 Å². The largest absolute Gasteiger partial charge is 0.478 e. The molecule has 0 radical (unpaired) electrons. The quantitative estimate of drug-likeness (QED) is 0.444. The van der Waals surface area contributed by atoms with Crippen LogP contribution in [0.1, 0.15) is 29.8 Å². The number of anilines is 1. The smallest absolute Gasteiger partial charge is 0.273 e. The summed E-state index contributed by atoms with van der Waals surface area (Å²) < 4.78 is 19.2. The molecule has 2 aromatic carbocycles. The van der Waals surface area contributed by atoms with E-state index in [0.29, 0.717) is 11.3 Å². The van der Waals surface area contributed by atoms with Gasteiger partial charge in [-0.05, 0) is 42.7 Å². The maximum atomic E-state index is 13.5. The Balaban J connectivity index is 1.98. The van der Waals surface area contributed by atoms with E-state index in [1.54, 1.807) is 20.8 Å². The third-order valence-corrected chi connectivity index (χ3v) is 4.60. The number of non-ortho nitro benzene ring substituents is 1. The molecular weight excluding hydrogens is 367 g/mol. The highest BCUT2D eigenvalue weighted by Crippen LogP contribution is 2.38. The van der Waals surface area contributed by atoms with E-state index in [9.17, 15) is 24.1 Å². The van der Waals surface area contributed by atoms with Gasteiger partial charge in [0.15, 0.2) is 17.6 Å². The second-order valence-electron chi connectivity index (χ2n) is 7.00. The Morgan fingerprint density at radius 3 is 2.61 bits per heavy atom. The van der Waals surface area contributed by atoms with Crippen LogP contribution in [-0.4, -0.2) is 29.3 Å². The van der Waals surface area contributed by atoms with Gasteiger partial charge in [0.1, 0.15) is 5.82 Å². The standard InChI is InChI=1S/C20H19FN2O5/c1-11(2)19-20(25)22(10-17(24)13-4-6-15(21)12(3)8-13)16-7-5-14(23(26)27)9-18(16)28-19/h4-9,11,19H,10H2,1-3H3. The number of ketones is 1. The number of benzene rings is 2. The Labute approximate surface area is 160 Å². The first-order chi connectivity index (χ1) is 13.2. The molecule has 1 unspecified atom stereocenters. The van der Waals surface area contributed by atoms with E-state index in [0.717, 1.165) is 0 Å². The summed E-state index contributed by atoms with van der Waals surface area (Å²) in [6, 6.07) is 7.90. The van der Waals surface area contributed by atoms with Crippen LogP contribution in [0.25, 0.3) is 0 Å². The highest BCUT2D eigenvalue weighted by atomic mass is 19.1. The van der Waals surface area contributed by atoms with Crippen molar-refractivity contribution >= 4 is 23.1 Å². The van der Waals surface area contributed by atoms with Crippen LogP contribution in [0.2, 0.25) is 0 Å². The molecule has 0 aromatic heterocycles. The lowest BCUT2D eigenvalue weighted by atomic mass is 10.0. The summed E-state index contributed by atoms with van der Waals surface area (Å²) in [5, 5.41) is 11.1. The van der Waals surface area contributed by atoms with E-state index >= 15 is 0 Å². The molecule has 3 rings (SSSR count). The number of carbonyl (C=O) groups excluding carboxylic acids is 2. The fraction of sp³-hybridized carbons (Fsp3) is 0.300. The van der Waals surface area contributed by atoms with Crippen LogP contribution < -0.4 is 9.64 Å². The van der Waals surface area contributed by atoms with Crippen LogP contribution in [0.4, 0.5) is 15.8 Å². The van der Waals surface area contributed by atoms with Crippen molar-refractivity contribution in [3.05, 3.63) is 63.5 Å². The minimum absolute atomic E-state index is 0.170. The first kappa shape index (κ1) is 19.5. The van der Waals surface area contributed by atoms with Crippen LogP contribution >= 0.6 is 0 Å². The predicted octanol–water partition coefficient (Wildman–Crippen LogP) is 3.68. The van der Waals surface area contributed by atoms with Crippen molar-refractivity contribution in [1.29, 1.82) is 0 Å². The average molecular weight is 386 g/mol. The predicted molar refractivity (Wildman–Crippen MR) is 100 cm³/mol. The molecule has 0 fully saturated rings. The van der Waals surface area contributed by atoms with Gasteiger partial charge in [-0.25, -0.2) is 4.39 Å². The molecule has 1 atom stereocenters. The number of carbonyl (C=O) groups is 2. The molecular formula is C20H19FN2O5. The van der Waals surface area contributed by atoms with Gasteiger partial charge < -0.3 is 4.74 Å². The molecule has 0 N–H and O–H groups in total. The molecule has 28 heavy (non-hydrogen) atoms. The number of hydrogen-bond acceptors (Lipinski definition) is 5. The van der Waals surface area contributed by atoms with Crippen LogP contribution in [0.3, 0.4) is 0 Å². The van der Waals surface area contributed by atoms with Gasteiger partial charge in [-0.1, -0.05) is 13.8 Å². The summed E-state index contributed by atoms with van der Waals surface area (Å²) in [6.45, 7) is 4.85. The Kier molecular flexibility index (Phi) is 5.13. The number of nitrogens with zero attached hydrogens (tertiary/aromatic N) is 2. The number of nitro benzene ring substituents is 1. The number of ether oxygens (including phenoxy) is 1. The number of halogens is 1. The number of fused-ring (bicyclic) bond motifs is 1. The van der Waals surface area contributed by atoms with Crippen molar-refractivity contribution in [2.75, 3.05) is 11.4 Å². The third-order valence-electron chi connectivity index (χ3n) is 4.60. The summed E-state index contributed by atoms with van der Waals surface area (Å²) in [6.07, 6.45) is -0.864. The number of nitro groups is 1. The third kappa shape index (κ3) is 3.58. The number of amides is 1. The molecule has 146 valence electrons. The number of Topliss-reactive ketones (excluding diaryl/α,β-unsaturated/α-hetero) is 1. The molecule has 0 aliphatic carbocycles. The second-order valence-corrected chi connectivity index (χ2v) is 7.00. The monoisotopic (exact) mass is 386 g/mol. The minimum Gasteiger partial charge on any atom is -0.478 e. The molecule has 7 nitrogen and oxygen atoms in total. The van der Waals surface area contributed by atoms with E-state index in [1.807, 2.05) is 0 Å². The molecule has 1 aliphatic heterocycles. The molecule has 1 heterocycles. The molecule has 1 amide bonds. The first-order valence-electron chi connectivity index (χ1n) is 8.75. The Morgan fingerprint density at radius 1 is 1.29 bits per heavy atom.